The van der Waals surface area contributed by atoms with Crippen LogP contribution in [0.15, 0.2) is 24.4 Å². The quantitative estimate of drug-likeness (QED) is 0.913. The van der Waals surface area contributed by atoms with Crippen LogP contribution in [0.3, 0.4) is 0 Å². The molecule has 7 nitrogen and oxygen atoms in total. The van der Waals surface area contributed by atoms with E-state index in [4.69, 9.17) is 5.26 Å². The van der Waals surface area contributed by atoms with Crippen molar-refractivity contribution in [3.05, 3.63) is 35.7 Å². The second-order valence-electron chi connectivity index (χ2n) is 7.09. The number of nitriles is 1. The predicted octanol–water partition coefficient (Wildman–Crippen LogP) is 2.85. The zero-order chi connectivity index (χ0) is 17.6. The van der Waals surface area contributed by atoms with Crippen LogP contribution in [0, 0.1) is 24.2 Å². The lowest BCUT2D eigenvalue weighted by Crippen LogP contribution is -2.63. The Morgan fingerprint density at radius 3 is 2.76 bits per heavy atom. The molecule has 2 aliphatic rings. The van der Waals surface area contributed by atoms with E-state index in [0.717, 1.165) is 30.5 Å². The van der Waals surface area contributed by atoms with Gasteiger partial charge in [0.1, 0.15) is 6.07 Å². The molecule has 0 spiro atoms. The molecule has 2 atom stereocenters. The van der Waals surface area contributed by atoms with Gasteiger partial charge in [0.05, 0.1) is 11.9 Å². The summed E-state index contributed by atoms with van der Waals surface area (Å²) in [5, 5.41) is 20.1. The minimum Gasteiger partial charge on any atom is -0.318 e. The molecule has 2 fully saturated rings. The summed E-state index contributed by atoms with van der Waals surface area (Å²) < 4.78 is 0. The number of aryl methyl sites for hydroxylation is 1. The van der Waals surface area contributed by atoms with Gasteiger partial charge in [-0.15, -0.1) is 9.90 Å². The fraction of sp³-hybridized carbons (Fsp3) is 0.444. The smallest absolute Gasteiger partial charge is 0.318 e. The van der Waals surface area contributed by atoms with Gasteiger partial charge in [0, 0.05) is 17.8 Å². The summed E-state index contributed by atoms with van der Waals surface area (Å²) >= 11 is 0. The summed E-state index contributed by atoms with van der Waals surface area (Å²) in [4.78, 5) is 16.0. The number of urea groups is 1. The fourth-order valence-corrected chi connectivity index (χ4v) is 4.00. The molecule has 4 rings (SSSR count). The normalized spacial score (nSPS) is 24.4. The van der Waals surface area contributed by atoms with E-state index in [1.807, 2.05) is 36.1 Å². The van der Waals surface area contributed by atoms with Gasteiger partial charge in [-0.2, -0.15) is 10.4 Å². The molecule has 128 valence electrons. The van der Waals surface area contributed by atoms with E-state index in [0.29, 0.717) is 23.7 Å². The molecule has 1 aromatic heterocycles. The van der Waals surface area contributed by atoms with Crippen LogP contribution >= 0.6 is 0 Å². The number of nitrogens with one attached hydrogen (secondary N) is 1. The summed E-state index contributed by atoms with van der Waals surface area (Å²) in [6.45, 7) is 4.20. The van der Waals surface area contributed by atoms with Crippen molar-refractivity contribution in [1.29, 1.82) is 5.26 Å². The van der Waals surface area contributed by atoms with Crippen molar-refractivity contribution in [2.45, 2.75) is 45.2 Å². The number of rotatable bonds is 2. The van der Waals surface area contributed by atoms with Crippen molar-refractivity contribution >= 4 is 11.7 Å². The van der Waals surface area contributed by atoms with Crippen LogP contribution in [0.2, 0.25) is 0 Å². The van der Waals surface area contributed by atoms with Crippen molar-refractivity contribution in [2.24, 2.45) is 5.92 Å². The number of carbonyl (C=O) groups is 1. The molecular weight excluding hydrogens is 316 g/mol. The van der Waals surface area contributed by atoms with E-state index >= 15 is 0 Å². The maximum absolute atomic E-state index is 12.6. The third kappa shape index (κ3) is 2.74. The molecule has 7 heteroatoms. The Labute approximate surface area is 146 Å². The van der Waals surface area contributed by atoms with Crippen LogP contribution in [0.1, 0.15) is 37.4 Å². The third-order valence-electron chi connectivity index (χ3n) is 5.20. The van der Waals surface area contributed by atoms with Gasteiger partial charge in [-0.05, 0) is 49.8 Å². The number of hydrogen-bond donors (Lipinski definition) is 1. The summed E-state index contributed by atoms with van der Waals surface area (Å²) in [6.07, 6.45) is 4.74. The lowest BCUT2D eigenvalue weighted by atomic mass is 9.74. The molecule has 0 aliphatic carbocycles. The van der Waals surface area contributed by atoms with Gasteiger partial charge in [-0.3, -0.25) is 0 Å². The fourth-order valence-electron chi connectivity index (χ4n) is 4.00. The first kappa shape index (κ1) is 15.6. The first-order chi connectivity index (χ1) is 12.0. The van der Waals surface area contributed by atoms with Gasteiger partial charge in [-0.1, -0.05) is 13.0 Å². The lowest BCUT2D eigenvalue weighted by molar-refractivity contribution is -0.00600. The van der Waals surface area contributed by atoms with E-state index < -0.39 is 0 Å². The number of aromatic nitrogens is 3. The largest absolute Gasteiger partial charge is 0.322 e. The highest BCUT2D eigenvalue weighted by atomic mass is 16.2. The summed E-state index contributed by atoms with van der Waals surface area (Å²) in [5.74, 6) is 0.707. The standard InChI is InChI=1S/C18H20N6O/c1-11-5-15-8-16(6-11)23(15)18(25)21-13-4-3-12(2)17(7-13)24-20-10-14(9-19)22-24/h3-4,7,10-11,15-16H,5-6,8H2,1-2H3,(H,21,25). The number of anilines is 1. The molecule has 2 aromatic rings. The number of hydrogen-bond acceptors (Lipinski definition) is 4. The van der Waals surface area contributed by atoms with E-state index in [2.05, 4.69) is 22.4 Å². The van der Waals surface area contributed by atoms with Crippen LogP contribution in [0.25, 0.3) is 5.69 Å². The molecule has 1 aromatic carbocycles. The second kappa shape index (κ2) is 5.88. The van der Waals surface area contributed by atoms with Gasteiger partial charge in [-0.25, -0.2) is 4.79 Å². The molecule has 0 radical (unpaired) electrons. The van der Waals surface area contributed by atoms with Crippen LogP contribution < -0.4 is 5.32 Å². The number of fused-ring (bicyclic) bond motifs is 2. The Morgan fingerprint density at radius 1 is 1.32 bits per heavy atom. The Hall–Kier alpha value is -2.88. The van der Waals surface area contributed by atoms with E-state index in [9.17, 15) is 4.79 Å². The van der Waals surface area contributed by atoms with Gasteiger partial charge in [0.15, 0.2) is 5.69 Å². The highest BCUT2D eigenvalue weighted by Crippen LogP contribution is 2.41. The molecule has 2 amide bonds. The second-order valence-corrected chi connectivity index (χ2v) is 7.09. The van der Waals surface area contributed by atoms with Crippen LogP contribution in [0.4, 0.5) is 10.5 Å². The van der Waals surface area contributed by atoms with E-state index in [-0.39, 0.29) is 11.7 Å². The first-order valence-electron chi connectivity index (χ1n) is 8.58. The zero-order valence-corrected chi connectivity index (χ0v) is 14.3. The SMILES string of the molecule is Cc1ccc(NC(=O)N2C3CC(C)CC2C3)cc1-n1ncc(C#N)n1. The molecular formula is C18H20N6O. The highest BCUT2D eigenvalue weighted by Gasteiger charge is 2.46. The molecule has 2 bridgehead atoms. The number of benzene rings is 1. The van der Waals surface area contributed by atoms with Gasteiger partial charge in [0.25, 0.3) is 0 Å². The summed E-state index contributed by atoms with van der Waals surface area (Å²) in [6, 6.07) is 8.33. The lowest BCUT2D eigenvalue weighted by Gasteiger charge is -2.54. The molecule has 1 N–H and O–H groups in total. The molecule has 0 saturated carbocycles. The number of carbonyl (C=O) groups excluding carboxylic acids is 1. The van der Waals surface area contributed by atoms with Gasteiger partial charge >= 0.3 is 6.03 Å². The van der Waals surface area contributed by atoms with Crippen LogP contribution in [-0.4, -0.2) is 38.0 Å². The maximum atomic E-state index is 12.6. The predicted molar refractivity (Wildman–Crippen MR) is 92.3 cm³/mol. The van der Waals surface area contributed by atoms with Crippen LogP contribution in [0.5, 0.6) is 0 Å². The molecule has 2 saturated heterocycles. The summed E-state index contributed by atoms with van der Waals surface area (Å²) in [5.41, 5.74) is 2.68. The molecule has 2 unspecified atom stereocenters. The van der Waals surface area contributed by atoms with E-state index in [1.165, 1.54) is 11.0 Å². The number of piperidine rings is 1. The van der Waals surface area contributed by atoms with Gasteiger partial charge in [0.2, 0.25) is 0 Å². The van der Waals surface area contributed by atoms with Crippen LogP contribution in [-0.2, 0) is 0 Å². The minimum atomic E-state index is -0.0332. The average molecular weight is 336 g/mol. The Kier molecular flexibility index (Phi) is 3.68. The van der Waals surface area contributed by atoms with Crippen molar-refractivity contribution in [3.8, 4) is 11.8 Å². The average Bonchev–Trinajstić information content (AvgIpc) is 3.05. The Morgan fingerprint density at radius 2 is 2.08 bits per heavy atom. The zero-order valence-electron chi connectivity index (χ0n) is 14.3. The molecule has 25 heavy (non-hydrogen) atoms. The third-order valence-corrected chi connectivity index (χ3v) is 5.20. The van der Waals surface area contributed by atoms with Crippen molar-refractivity contribution < 1.29 is 4.79 Å². The Bertz CT molecular complexity index is 855. The van der Waals surface area contributed by atoms with Crippen molar-refractivity contribution in [1.82, 2.24) is 19.9 Å². The van der Waals surface area contributed by atoms with Crippen molar-refractivity contribution in [2.75, 3.05) is 5.32 Å². The Balaban J connectivity index is 1.53. The van der Waals surface area contributed by atoms with Crippen molar-refractivity contribution in [3.63, 3.8) is 0 Å². The monoisotopic (exact) mass is 336 g/mol. The van der Waals surface area contributed by atoms with Gasteiger partial charge < -0.3 is 10.2 Å². The summed E-state index contributed by atoms with van der Waals surface area (Å²) in [7, 11) is 0. The number of amides is 2. The molecule has 2 aliphatic heterocycles. The molecule has 3 heterocycles. The number of nitrogens with zero attached hydrogens (tertiary/aromatic N) is 5. The highest BCUT2D eigenvalue weighted by molar-refractivity contribution is 5.90. The van der Waals surface area contributed by atoms with E-state index in [1.54, 1.807) is 0 Å². The maximum Gasteiger partial charge on any atom is 0.322 e. The topological polar surface area (TPSA) is 86.8 Å². The first-order valence-corrected chi connectivity index (χ1v) is 8.58. The minimum absolute atomic E-state index is 0.0332.